The van der Waals surface area contributed by atoms with E-state index in [0.717, 1.165) is 0 Å². The summed E-state index contributed by atoms with van der Waals surface area (Å²) in [7, 11) is 0. The molecule has 0 atom stereocenters. The zero-order chi connectivity index (χ0) is 35.5. The summed E-state index contributed by atoms with van der Waals surface area (Å²) in [6, 6.07) is 8.24. The molecule has 280 valence electrons. The molecular formula is C34H54O15. The molecule has 49 heavy (non-hydrogen) atoms. The molecule has 0 amide bonds. The first-order valence-corrected chi connectivity index (χ1v) is 16.4. The molecule has 0 heterocycles. The average molecular weight is 703 g/mol. The normalized spacial score (nSPS) is 11.0. The van der Waals surface area contributed by atoms with Gasteiger partial charge in [-0.2, -0.15) is 0 Å². The Bertz CT molecular complexity index is 960. The number of esters is 2. The van der Waals surface area contributed by atoms with Gasteiger partial charge in [-0.1, -0.05) is 36.9 Å². The Kier molecular flexibility index (Phi) is 30.4. The third-order valence-corrected chi connectivity index (χ3v) is 5.84. The van der Waals surface area contributed by atoms with Gasteiger partial charge in [0.2, 0.25) is 0 Å². The number of hydrogen-bond donors (Lipinski definition) is 0. The highest BCUT2D eigenvalue weighted by Gasteiger charge is 2.17. The van der Waals surface area contributed by atoms with E-state index in [-0.39, 0.29) is 19.8 Å². The summed E-state index contributed by atoms with van der Waals surface area (Å²) in [5, 5.41) is 0. The summed E-state index contributed by atoms with van der Waals surface area (Å²) in [6.07, 6.45) is 0. The number of ketones is 1. The van der Waals surface area contributed by atoms with Crippen LogP contribution in [-0.2, 0) is 66.4 Å². The molecule has 1 aromatic rings. The van der Waals surface area contributed by atoms with Crippen molar-refractivity contribution in [3.8, 4) is 0 Å². The van der Waals surface area contributed by atoms with Gasteiger partial charge in [-0.25, -0.2) is 9.59 Å². The smallest absolute Gasteiger partial charge is 0.379 e. The molecule has 0 aliphatic rings. The van der Waals surface area contributed by atoms with E-state index in [9.17, 15) is 14.4 Å². The van der Waals surface area contributed by atoms with Gasteiger partial charge in [-0.3, -0.25) is 4.79 Å². The molecule has 1 aromatic carbocycles. The maximum Gasteiger partial charge on any atom is 0.379 e. The molecule has 0 bridgehead atoms. The molecule has 15 heteroatoms. The molecule has 1 rings (SSSR count). The first-order valence-electron chi connectivity index (χ1n) is 16.4. The van der Waals surface area contributed by atoms with Crippen LogP contribution in [0.5, 0.6) is 0 Å². The first-order chi connectivity index (χ1) is 24.0. The summed E-state index contributed by atoms with van der Waals surface area (Å²) in [5.41, 5.74) is 0.654. The fraction of sp³-hybridized carbons (Fsp3) is 0.676. The molecular weight excluding hydrogens is 648 g/mol. The van der Waals surface area contributed by atoms with Gasteiger partial charge in [0.1, 0.15) is 13.2 Å². The SMILES string of the molecule is C=C(C)C(=O)OCCOCCOCCOCCOCCOCCOCCOCCOCCOCCOCCOC(=O)C(=O)c1ccccc1. The van der Waals surface area contributed by atoms with Crippen molar-refractivity contribution in [2.45, 2.75) is 6.92 Å². The Morgan fingerprint density at radius 2 is 0.653 bits per heavy atom. The monoisotopic (exact) mass is 702 g/mol. The highest BCUT2D eigenvalue weighted by molar-refractivity contribution is 6.40. The van der Waals surface area contributed by atoms with Gasteiger partial charge in [0.05, 0.1) is 132 Å². The molecule has 0 unspecified atom stereocenters. The van der Waals surface area contributed by atoms with Crippen LogP contribution in [0.15, 0.2) is 42.5 Å². The first kappa shape index (κ1) is 44.2. The van der Waals surface area contributed by atoms with Gasteiger partial charge in [-0.15, -0.1) is 0 Å². The maximum atomic E-state index is 11.9. The lowest BCUT2D eigenvalue weighted by molar-refractivity contribution is -0.141. The van der Waals surface area contributed by atoms with Crippen molar-refractivity contribution in [2.24, 2.45) is 0 Å². The summed E-state index contributed by atoms with van der Waals surface area (Å²) in [5.74, 6) is -2.00. The average Bonchev–Trinajstić information content (AvgIpc) is 3.11. The lowest BCUT2D eigenvalue weighted by Crippen LogP contribution is -2.20. The van der Waals surface area contributed by atoms with E-state index in [1.807, 2.05) is 0 Å². The highest BCUT2D eigenvalue weighted by Crippen LogP contribution is 2.01. The number of carbonyl (C=O) groups is 3. The minimum atomic E-state index is -0.902. The Labute approximate surface area is 289 Å². The summed E-state index contributed by atoms with van der Waals surface area (Å²) in [6.45, 7) is 13.7. The molecule has 0 saturated carbocycles. The predicted molar refractivity (Wildman–Crippen MR) is 176 cm³/mol. The van der Waals surface area contributed by atoms with Crippen LogP contribution in [0.2, 0.25) is 0 Å². The van der Waals surface area contributed by atoms with Crippen LogP contribution in [0.25, 0.3) is 0 Å². The van der Waals surface area contributed by atoms with E-state index in [1.54, 1.807) is 37.3 Å². The Morgan fingerprint density at radius 3 is 0.918 bits per heavy atom. The van der Waals surface area contributed by atoms with Crippen LogP contribution in [0.4, 0.5) is 0 Å². The predicted octanol–water partition coefficient (Wildman–Crippen LogP) is 1.70. The van der Waals surface area contributed by atoms with E-state index in [1.165, 1.54) is 0 Å². The number of Topliss-reactive ketones (excluding diaryl/α,β-unsaturated/α-hetero) is 1. The highest BCUT2D eigenvalue weighted by atomic mass is 16.6. The Morgan fingerprint density at radius 1 is 0.408 bits per heavy atom. The van der Waals surface area contributed by atoms with Crippen LogP contribution in [-0.4, -0.2) is 163 Å². The number of rotatable bonds is 36. The van der Waals surface area contributed by atoms with Gasteiger partial charge in [0.25, 0.3) is 5.78 Å². The molecule has 0 aliphatic carbocycles. The van der Waals surface area contributed by atoms with Gasteiger partial charge in [0, 0.05) is 11.1 Å². The van der Waals surface area contributed by atoms with E-state index < -0.39 is 17.7 Å². The molecule has 0 fully saturated rings. The lowest BCUT2D eigenvalue weighted by atomic mass is 10.1. The van der Waals surface area contributed by atoms with Gasteiger partial charge >= 0.3 is 11.9 Å². The van der Waals surface area contributed by atoms with Crippen molar-refractivity contribution in [2.75, 3.05) is 145 Å². The largest absolute Gasteiger partial charge is 0.460 e. The zero-order valence-corrected chi connectivity index (χ0v) is 28.8. The molecule has 0 spiro atoms. The summed E-state index contributed by atoms with van der Waals surface area (Å²) >= 11 is 0. The van der Waals surface area contributed by atoms with Gasteiger partial charge in [0.15, 0.2) is 0 Å². The van der Waals surface area contributed by atoms with Crippen molar-refractivity contribution >= 4 is 17.7 Å². The zero-order valence-electron chi connectivity index (χ0n) is 28.8. The van der Waals surface area contributed by atoms with Crippen LogP contribution in [0.3, 0.4) is 0 Å². The van der Waals surface area contributed by atoms with Crippen molar-refractivity contribution in [3.05, 3.63) is 48.0 Å². The second kappa shape index (κ2) is 33.7. The molecule has 0 saturated heterocycles. The standard InChI is InChI=1S/C34H54O15/c1-30(2)33(36)48-28-26-46-24-22-44-20-18-42-16-14-40-12-10-38-8-9-39-11-13-41-15-17-43-19-21-45-23-25-47-27-29-49-34(37)32(35)31-6-4-3-5-7-31/h3-7H,1,8-29H2,2H3. The molecule has 0 radical (unpaired) electrons. The third kappa shape index (κ3) is 28.7. The van der Waals surface area contributed by atoms with Gasteiger partial charge < -0.3 is 56.8 Å². The van der Waals surface area contributed by atoms with Crippen LogP contribution < -0.4 is 0 Å². The maximum absolute atomic E-state index is 11.9. The number of hydrogen-bond acceptors (Lipinski definition) is 15. The van der Waals surface area contributed by atoms with E-state index in [0.29, 0.717) is 137 Å². The second-order valence-electron chi connectivity index (χ2n) is 9.87. The number of ether oxygens (including phenoxy) is 12. The van der Waals surface area contributed by atoms with Crippen LogP contribution in [0, 0.1) is 0 Å². The minimum absolute atomic E-state index is 0.00789. The van der Waals surface area contributed by atoms with Crippen LogP contribution in [0.1, 0.15) is 17.3 Å². The molecule has 0 aromatic heterocycles. The fourth-order valence-electron chi connectivity index (χ4n) is 3.36. The Balaban J connectivity index is 1.67. The fourth-order valence-corrected chi connectivity index (χ4v) is 3.36. The number of carbonyl (C=O) groups excluding carboxylic acids is 3. The van der Waals surface area contributed by atoms with Crippen LogP contribution >= 0.6 is 0 Å². The Hall–Kier alpha value is -2.83. The third-order valence-electron chi connectivity index (χ3n) is 5.84. The summed E-state index contributed by atoms with van der Waals surface area (Å²) in [4.78, 5) is 34.8. The molecule has 0 aliphatic heterocycles. The van der Waals surface area contributed by atoms with E-state index >= 15 is 0 Å². The van der Waals surface area contributed by atoms with Crippen molar-refractivity contribution in [1.82, 2.24) is 0 Å². The quantitative estimate of drug-likeness (QED) is 0.0326. The second-order valence-corrected chi connectivity index (χ2v) is 9.87. The van der Waals surface area contributed by atoms with Crippen molar-refractivity contribution in [3.63, 3.8) is 0 Å². The van der Waals surface area contributed by atoms with E-state index in [2.05, 4.69) is 6.58 Å². The number of benzene rings is 1. The summed E-state index contributed by atoms with van der Waals surface area (Å²) < 4.78 is 63.9. The molecule has 15 nitrogen and oxygen atoms in total. The van der Waals surface area contributed by atoms with Crippen molar-refractivity contribution in [1.29, 1.82) is 0 Å². The lowest BCUT2D eigenvalue weighted by Gasteiger charge is -2.09. The topological polar surface area (TPSA) is 162 Å². The van der Waals surface area contributed by atoms with E-state index in [4.69, 9.17) is 56.8 Å². The molecule has 0 N–H and O–H groups in total. The van der Waals surface area contributed by atoms with Gasteiger partial charge in [-0.05, 0) is 6.92 Å². The minimum Gasteiger partial charge on any atom is -0.460 e. The van der Waals surface area contributed by atoms with Crippen molar-refractivity contribution < 1.29 is 71.2 Å².